The molecule has 428 valence electrons. The molecule has 0 saturated carbocycles. The monoisotopic (exact) mass is 1150 g/mol. The molecule has 1 aromatic rings. The second-order valence-corrected chi connectivity index (χ2v) is 20.1. The summed E-state index contributed by atoms with van der Waals surface area (Å²) < 4.78 is 53.0. The summed E-state index contributed by atoms with van der Waals surface area (Å²) >= 11 is 23.0. The van der Waals surface area contributed by atoms with Gasteiger partial charge < -0.3 is 47.7 Å². The van der Waals surface area contributed by atoms with E-state index in [2.05, 4.69) is 18.8 Å². The molecular formula is C51H78Cl4N2O18. The van der Waals surface area contributed by atoms with Crippen LogP contribution < -0.4 is 11.2 Å². The summed E-state index contributed by atoms with van der Waals surface area (Å²) in [6, 6.07) is 1.02. The van der Waals surface area contributed by atoms with Crippen LogP contribution in [0.15, 0.2) is 21.9 Å². The zero-order valence-electron chi connectivity index (χ0n) is 43.7. The Balaban J connectivity index is 2.06. The predicted molar refractivity (Wildman–Crippen MR) is 276 cm³/mol. The lowest BCUT2D eigenvalue weighted by Gasteiger charge is -2.48. The molecule has 2 aliphatic rings. The molecule has 0 aliphatic carbocycles. The lowest BCUT2D eigenvalue weighted by atomic mass is 9.96. The van der Waals surface area contributed by atoms with Crippen LogP contribution in [0.1, 0.15) is 162 Å². The first-order valence-corrected chi connectivity index (χ1v) is 28.5. The van der Waals surface area contributed by atoms with Crippen molar-refractivity contribution in [3.8, 4) is 0 Å². The fourth-order valence-corrected chi connectivity index (χ4v) is 9.04. The normalized spacial score (nSPS) is 24.2. The highest BCUT2D eigenvalue weighted by Crippen LogP contribution is 2.39. The van der Waals surface area contributed by atoms with E-state index < -0.39 is 151 Å². The van der Waals surface area contributed by atoms with Crippen molar-refractivity contribution < 1.29 is 76.5 Å². The number of esters is 6. The minimum atomic E-state index is -3.29. The Bertz CT molecular complexity index is 2030. The van der Waals surface area contributed by atoms with Crippen molar-refractivity contribution >= 4 is 82.2 Å². The highest BCUT2D eigenvalue weighted by atomic mass is 35.5. The summed E-state index contributed by atoms with van der Waals surface area (Å²) in [6.45, 7) is 5.91. The molecule has 4 unspecified atom stereocenters. The molecule has 75 heavy (non-hydrogen) atoms. The van der Waals surface area contributed by atoms with Crippen molar-refractivity contribution in [1.82, 2.24) is 9.55 Å². The van der Waals surface area contributed by atoms with Gasteiger partial charge in [-0.25, -0.2) is 4.79 Å². The number of carbonyl (C=O) groups is 6. The standard InChI is InChI=1S/C51H78Cl4N2O18/c1-5-7-9-11-13-15-17-19-21-23-33(3)48(63)73-42-35(69-47(57-26-25-37(58)56-50(57)65)45(42)74-49(64)34(4)24-22-20-18-16-14-12-10-8-6-2)32-68-51(66)46(72-41(62)30-55)44(71-40(61)29-54)43(70-39(60)28-53)36(75-51)31-67-38(59)27-52/h25-26,33-36,42-47,66H,5-24,27-32H2,1-4H3,(H,56,58,65)/t33?,34?,35-,36?,42?,43-,44+,45+,46-,47-,51+/m1/s1. The first kappa shape index (κ1) is 65.8. The van der Waals surface area contributed by atoms with Crippen LogP contribution in [-0.2, 0) is 71.4 Å². The van der Waals surface area contributed by atoms with E-state index in [1.54, 1.807) is 13.8 Å². The Kier molecular flexibility index (Phi) is 31.4. The van der Waals surface area contributed by atoms with Gasteiger partial charge >= 0.3 is 47.5 Å². The fraction of sp³-hybridized carbons (Fsp3) is 0.804. The summed E-state index contributed by atoms with van der Waals surface area (Å²) in [4.78, 5) is 107. The average Bonchev–Trinajstić information content (AvgIpc) is 3.72. The Morgan fingerprint density at radius 2 is 1.04 bits per heavy atom. The quantitative estimate of drug-likeness (QED) is 0.0213. The third kappa shape index (κ3) is 22.4. The first-order chi connectivity index (χ1) is 36.0. The molecule has 2 N–H and O–H groups in total. The van der Waals surface area contributed by atoms with Crippen molar-refractivity contribution in [3.05, 3.63) is 33.1 Å². The number of nitrogens with zero attached hydrogens (tertiary/aromatic N) is 1. The van der Waals surface area contributed by atoms with E-state index in [4.69, 9.17) is 89.0 Å². The molecule has 0 aromatic carbocycles. The van der Waals surface area contributed by atoms with E-state index in [1.807, 2.05) is 0 Å². The van der Waals surface area contributed by atoms with Crippen molar-refractivity contribution in [1.29, 1.82) is 0 Å². The van der Waals surface area contributed by atoms with Gasteiger partial charge in [-0.1, -0.05) is 143 Å². The second kappa shape index (κ2) is 35.8. The topological polar surface area (TPSA) is 261 Å². The molecule has 20 nitrogen and oxygen atoms in total. The fourth-order valence-electron chi connectivity index (χ4n) is 8.78. The molecule has 11 atom stereocenters. The molecular weight excluding hydrogens is 1070 g/mol. The Morgan fingerprint density at radius 3 is 1.52 bits per heavy atom. The molecule has 1 aromatic heterocycles. The number of aromatic amines is 1. The number of hydrogen-bond donors (Lipinski definition) is 2. The van der Waals surface area contributed by atoms with E-state index in [0.717, 1.165) is 81.0 Å². The van der Waals surface area contributed by atoms with Crippen molar-refractivity contribution in [3.63, 3.8) is 0 Å². The van der Waals surface area contributed by atoms with Gasteiger partial charge in [0.1, 0.15) is 42.3 Å². The molecule has 0 amide bonds. The summed E-state index contributed by atoms with van der Waals surface area (Å²) in [5.41, 5.74) is -1.75. The molecule has 0 spiro atoms. The van der Waals surface area contributed by atoms with E-state index in [-0.39, 0.29) is 0 Å². The van der Waals surface area contributed by atoms with E-state index in [1.165, 1.54) is 38.5 Å². The van der Waals surface area contributed by atoms with Gasteiger partial charge in [-0.2, -0.15) is 0 Å². The zero-order chi connectivity index (χ0) is 55.3. The van der Waals surface area contributed by atoms with Gasteiger partial charge in [0.15, 0.2) is 30.6 Å². The molecule has 2 saturated heterocycles. The maximum atomic E-state index is 14.1. The van der Waals surface area contributed by atoms with E-state index in [0.29, 0.717) is 25.7 Å². The summed E-state index contributed by atoms with van der Waals surface area (Å²) in [5, 5.41) is 12.4. The van der Waals surface area contributed by atoms with Gasteiger partial charge in [0, 0.05) is 12.3 Å². The minimum Gasteiger partial charge on any atom is -0.462 e. The van der Waals surface area contributed by atoms with Crippen LogP contribution in [0, 0.1) is 11.8 Å². The van der Waals surface area contributed by atoms with Gasteiger partial charge in [0.05, 0.1) is 18.4 Å². The number of halogens is 4. The van der Waals surface area contributed by atoms with Crippen LogP contribution in [-0.4, -0.2) is 136 Å². The number of nitrogens with one attached hydrogen (secondary N) is 1. The van der Waals surface area contributed by atoms with Crippen molar-refractivity contribution in [2.24, 2.45) is 11.8 Å². The van der Waals surface area contributed by atoms with Crippen LogP contribution in [0.5, 0.6) is 0 Å². The molecule has 24 heteroatoms. The van der Waals surface area contributed by atoms with Crippen LogP contribution >= 0.6 is 46.4 Å². The smallest absolute Gasteiger partial charge is 0.330 e. The van der Waals surface area contributed by atoms with E-state index in [9.17, 15) is 43.5 Å². The van der Waals surface area contributed by atoms with Crippen molar-refractivity contribution in [2.45, 2.75) is 211 Å². The van der Waals surface area contributed by atoms with Gasteiger partial charge in [0.25, 0.3) is 5.56 Å². The van der Waals surface area contributed by atoms with Gasteiger partial charge in [-0.3, -0.25) is 43.1 Å². The molecule has 2 aliphatic heterocycles. The third-order valence-corrected chi connectivity index (χ3v) is 13.8. The van der Waals surface area contributed by atoms with Crippen LogP contribution in [0.4, 0.5) is 0 Å². The highest BCUT2D eigenvalue weighted by molar-refractivity contribution is 6.27. The highest BCUT2D eigenvalue weighted by Gasteiger charge is 2.62. The number of carbonyl (C=O) groups excluding carboxylic acids is 6. The lowest BCUT2D eigenvalue weighted by Crippen LogP contribution is -2.69. The largest absolute Gasteiger partial charge is 0.462 e. The van der Waals surface area contributed by atoms with Gasteiger partial charge in [0.2, 0.25) is 6.10 Å². The SMILES string of the molecule is CCCCCCCCCCCC(C)C(=O)OC1[C@@H](CO[C@]2(O)OC(COC(=O)CCl)[C@@H](OC(=O)CCl)[C@H](OC(=O)CCl)[C@H]2OC(=O)CCl)O[C@@H](n2ccc(=O)[nH]c2=O)[C@H]1OC(=O)C(C)CCCCCCCCCCC. The first-order valence-electron chi connectivity index (χ1n) is 26.4. The maximum Gasteiger partial charge on any atom is 0.330 e. The number of alkyl halides is 4. The summed E-state index contributed by atoms with van der Waals surface area (Å²) in [6.07, 6.45) is 6.57. The Hall–Kier alpha value is -3.50. The molecule has 0 bridgehead atoms. The van der Waals surface area contributed by atoms with Gasteiger partial charge in [-0.15, -0.1) is 46.4 Å². The lowest BCUT2D eigenvalue weighted by molar-refractivity contribution is -0.450. The maximum absolute atomic E-state index is 14.1. The predicted octanol–water partition coefficient (Wildman–Crippen LogP) is 7.67. The van der Waals surface area contributed by atoms with Crippen LogP contribution in [0.25, 0.3) is 0 Å². The Labute approximate surface area is 459 Å². The average molecular weight is 1150 g/mol. The number of aliphatic hydroxyl groups is 1. The second-order valence-electron chi connectivity index (χ2n) is 19.1. The molecule has 2 fully saturated rings. The number of H-pyrrole nitrogens is 1. The molecule has 3 heterocycles. The summed E-state index contributed by atoms with van der Waals surface area (Å²) in [5.74, 6) is -13.7. The number of ether oxygens (including phenoxy) is 9. The van der Waals surface area contributed by atoms with Crippen LogP contribution in [0.2, 0.25) is 0 Å². The van der Waals surface area contributed by atoms with Crippen molar-refractivity contribution in [2.75, 3.05) is 36.7 Å². The van der Waals surface area contributed by atoms with E-state index >= 15 is 0 Å². The summed E-state index contributed by atoms with van der Waals surface area (Å²) in [7, 11) is 0. The number of rotatable bonds is 37. The van der Waals surface area contributed by atoms with Gasteiger partial charge in [-0.05, 0) is 12.8 Å². The van der Waals surface area contributed by atoms with Crippen LogP contribution in [0.3, 0.4) is 0 Å². The number of hydrogen-bond acceptors (Lipinski definition) is 18. The zero-order valence-corrected chi connectivity index (χ0v) is 46.7. The molecule has 0 radical (unpaired) electrons. The minimum absolute atomic E-state index is 0.432. The third-order valence-electron chi connectivity index (χ3n) is 13.0. The number of unbranched alkanes of at least 4 members (excludes halogenated alkanes) is 16. The molecule has 3 rings (SSSR count). The Morgan fingerprint density at radius 1 is 0.600 bits per heavy atom. The number of aromatic nitrogens is 2.